The summed E-state index contributed by atoms with van der Waals surface area (Å²) in [4.78, 5) is 22.3. The van der Waals surface area contributed by atoms with Gasteiger partial charge in [0.1, 0.15) is 0 Å². The number of carbonyl (C=O) groups is 1. The van der Waals surface area contributed by atoms with Crippen molar-refractivity contribution in [3.8, 4) is 0 Å². The van der Waals surface area contributed by atoms with Gasteiger partial charge in [0.05, 0.1) is 11.1 Å². The van der Waals surface area contributed by atoms with Crippen molar-refractivity contribution in [3.05, 3.63) is 74.3 Å². The number of nitrogens with zero attached hydrogens (tertiary/aromatic N) is 2. The third-order valence-corrected chi connectivity index (χ3v) is 3.92. The number of non-ortho nitro benzene ring substituents is 1. The van der Waals surface area contributed by atoms with Crippen LogP contribution in [0.2, 0.25) is 5.02 Å². The Morgan fingerprint density at radius 3 is 2.40 bits per heavy atom. The maximum absolute atomic E-state index is 12.1. The van der Waals surface area contributed by atoms with Crippen LogP contribution in [0.25, 0.3) is 0 Å². The van der Waals surface area contributed by atoms with Gasteiger partial charge in [-0.1, -0.05) is 44.5 Å². The van der Waals surface area contributed by atoms with Crippen molar-refractivity contribution >= 4 is 29.4 Å². The van der Waals surface area contributed by atoms with Gasteiger partial charge in [-0.25, -0.2) is 5.43 Å². The van der Waals surface area contributed by atoms with Crippen molar-refractivity contribution in [2.24, 2.45) is 5.10 Å². The summed E-state index contributed by atoms with van der Waals surface area (Å²) < 4.78 is 0. The van der Waals surface area contributed by atoms with E-state index in [1.165, 1.54) is 24.4 Å². The molecule has 0 heterocycles. The van der Waals surface area contributed by atoms with Crippen LogP contribution in [0.1, 0.15) is 42.3 Å². The van der Waals surface area contributed by atoms with Crippen molar-refractivity contribution in [1.82, 2.24) is 5.43 Å². The molecule has 0 saturated heterocycles. The van der Waals surface area contributed by atoms with Crippen molar-refractivity contribution in [2.75, 3.05) is 0 Å². The standard InChI is InChI=1S/C18H18ClN3O3/c1-18(2,3)14-6-4-12(5-7-14)17(23)21-20-11-13-10-15(22(24)25)8-9-16(13)19/h4-11H,1-3H3,(H,21,23)/b20-11+. The largest absolute Gasteiger partial charge is 0.271 e. The molecule has 2 aromatic carbocycles. The highest BCUT2D eigenvalue weighted by molar-refractivity contribution is 6.33. The van der Waals surface area contributed by atoms with Crippen LogP contribution in [0.3, 0.4) is 0 Å². The molecule has 7 heteroatoms. The summed E-state index contributed by atoms with van der Waals surface area (Å²) in [5.74, 6) is -0.377. The molecule has 0 fully saturated rings. The molecule has 1 amide bonds. The van der Waals surface area contributed by atoms with Crippen molar-refractivity contribution < 1.29 is 9.72 Å². The molecule has 0 aromatic heterocycles. The zero-order valence-electron chi connectivity index (χ0n) is 14.1. The van der Waals surface area contributed by atoms with Gasteiger partial charge in [-0.05, 0) is 29.2 Å². The first-order valence-corrected chi connectivity index (χ1v) is 7.94. The van der Waals surface area contributed by atoms with Crippen molar-refractivity contribution in [3.63, 3.8) is 0 Å². The van der Waals surface area contributed by atoms with Crippen molar-refractivity contribution in [1.29, 1.82) is 0 Å². The number of amides is 1. The van der Waals surface area contributed by atoms with E-state index in [0.29, 0.717) is 16.1 Å². The minimum Gasteiger partial charge on any atom is -0.267 e. The SMILES string of the molecule is CC(C)(C)c1ccc(C(=O)N/N=C/c2cc([N+](=O)[O-])ccc2Cl)cc1. The Labute approximate surface area is 150 Å². The number of hydrazone groups is 1. The van der Waals surface area contributed by atoms with Gasteiger partial charge in [0.2, 0.25) is 0 Å². The minimum absolute atomic E-state index is 0.00589. The van der Waals surface area contributed by atoms with Crippen LogP contribution in [0, 0.1) is 10.1 Å². The van der Waals surface area contributed by atoms with E-state index in [9.17, 15) is 14.9 Å². The van der Waals surface area contributed by atoms with Crippen molar-refractivity contribution in [2.45, 2.75) is 26.2 Å². The molecule has 130 valence electrons. The van der Waals surface area contributed by atoms with Crippen LogP contribution in [0.4, 0.5) is 5.69 Å². The van der Waals surface area contributed by atoms with Gasteiger partial charge in [0, 0.05) is 28.3 Å². The summed E-state index contributed by atoms with van der Waals surface area (Å²) >= 11 is 5.97. The van der Waals surface area contributed by atoms with E-state index in [1.807, 2.05) is 12.1 Å². The predicted octanol–water partition coefficient (Wildman–Crippen LogP) is 4.31. The first kappa shape index (κ1) is 18.6. The van der Waals surface area contributed by atoms with Gasteiger partial charge < -0.3 is 0 Å². The molecular formula is C18H18ClN3O3. The molecule has 0 saturated carbocycles. The molecule has 0 aliphatic carbocycles. The highest BCUT2D eigenvalue weighted by Crippen LogP contribution is 2.22. The lowest BCUT2D eigenvalue weighted by molar-refractivity contribution is -0.384. The molecule has 0 bridgehead atoms. The summed E-state index contributed by atoms with van der Waals surface area (Å²) in [5.41, 5.74) is 4.22. The van der Waals surface area contributed by atoms with E-state index in [0.717, 1.165) is 5.56 Å². The average molecular weight is 360 g/mol. The molecule has 25 heavy (non-hydrogen) atoms. The number of hydrogen-bond donors (Lipinski definition) is 1. The Bertz CT molecular complexity index is 824. The van der Waals surface area contributed by atoms with Crippen LogP contribution in [-0.2, 0) is 5.41 Å². The Balaban J connectivity index is 2.08. The molecule has 0 aliphatic rings. The monoisotopic (exact) mass is 359 g/mol. The summed E-state index contributed by atoms with van der Waals surface area (Å²) in [5, 5.41) is 14.9. The maximum atomic E-state index is 12.1. The number of nitro benzene ring substituents is 1. The molecule has 0 atom stereocenters. The molecule has 1 N–H and O–H groups in total. The summed E-state index contributed by atoms with van der Waals surface area (Å²) in [6, 6.07) is 11.3. The Morgan fingerprint density at radius 1 is 1.20 bits per heavy atom. The van der Waals surface area contributed by atoms with Gasteiger partial charge in [-0.15, -0.1) is 0 Å². The van der Waals surface area contributed by atoms with Crippen LogP contribution in [0.15, 0.2) is 47.6 Å². The van der Waals surface area contributed by atoms with Gasteiger partial charge in [0.15, 0.2) is 0 Å². The third kappa shape index (κ3) is 4.87. The van der Waals surface area contributed by atoms with Gasteiger partial charge in [-0.3, -0.25) is 14.9 Å². The maximum Gasteiger partial charge on any atom is 0.271 e. The summed E-state index contributed by atoms with van der Waals surface area (Å²) in [7, 11) is 0. The van der Waals surface area contributed by atoms with E-state index >= 15 is 0 Å². The first-order valence-electron chi connectivity index (χ1n) is 7.56. The average Bonchev–Trinajstić information content (AvgIpc) is 2.55. The molecule has 2 aromatic rings. The van der Waals surface area contributed by atoms with E-state index in [-0.39, 0.29) is 17.0 Å². The molecular weight excluding hydrogens is 342 g/mol. The molecule has 0 spiro atoms. The smallest absolute Gasteiger partial charge is 0.267 e. The summed E-state index contributed by atoms with van der Waals surface area (Å²) in [6.45, 7) is 6.28. The second kappa shape index (κ2) is 7.44. The fourth-order valence-corrected chi connectivity index (χ4v) is 2.26. The number of benzene rings is 2. The van der Waals surface area contributed by atoms with Gasteiger partial charge >= 0.3 is 0 Å². The highest BCUT2D eigenvalue weighted by atomic mass is 35.5. The summed E-state index contributed by atoms with van der Waals surface area (Å²) in [6.07, 6.45) is 1.27. The predicted molar refractivity (Wildman–Crippen MR) is 98.3 cm³/mol. The van der Waals surface area contributed by atoms with E-state index in [2.05, 4.69) is 31.3 Å². The number of halogens is 1. The lowest BCUT2D eigenvalue weighted by atomic mass is 9.87. The second-order valence-electron chi connectivity index (χ2n) is 6.49. The molecule has 2 rings (SSSR count). The Kier molecular flexibility index (Phi) is 5.54. The van der Waals surface area contributed by atoms with Crippen LogP contribution >= 0.6 is 11.6 Å². The van der Waals surface area contributed by atoms with Crippen LogP contribution < -0.4 is 5.43 Å². The minimum atomic E-state index is -0.525. The van der Waals surface area contributed by atoms with Gasteiger partial charge in [0.25, 0.3) is 11.6 Å². The number of rotatable bonds is 4. The molecule has 0 radical (unpaired) electrons. The topological polar surface area (TPSA) is 84.6 Å². The number of nitrogens with one attached hydrogen (secondary N) is 1. The number of carbonyl (C=O) groups excluding carboxylic acids is 1. The zero-order valence-corrected chi connectivity index (χ0v) is 14.9. The van der Waals surface area contributed by atoms with Crippen LogP contribution in [0.5, 0.6) is 0 Å². The fraction of sp³-hybridized carbons (Fsp3) is 0.222. The molecule has 0 unspecified atom stereocenters. The van der Waals surface area contributed by atoms with Gasteiger partial charge in [-0.2, -0.15) is 5.10 Å². The van der Waals surface area contributed by atoms with E-state index < -0.39 is 4.92 Å². The number of hydrogen-bond acceptors (Lipinski definition) is 4. The van der Waals surface area contributed by atoms with Crippen LogP contribution in [-0.4, -0.2) is 17.0 Å². The lowest BCUT2D eigenvalue weighted by Gasteiger charge is -2.18. The molecule has 6 nitrogen and oxygen atoms in total. The third-order valence-electron chi connectivity index (χ3n) is 3.57. The fourth-order valence-electron chi connectivity index (χ4n) is 2.09. The first-order chi connectivity index (χ1) is 11.7. The Hall–Kier alpha value is -2.73. The Morgan fingerprint density at radius 2 is 1.84 bits per heavy atom. The highest BCUT2D eigenvalue weighted by Gasteiger charge is 2.14. The van der Waals surface area contributed by atoms with E-state index in [1.54, 1.807) is 12.1 Å². The van der Waals surface area contributed by atoms with E-state index in [4.69, 9.17) is 11.6 Å². The zero-order chi connectivity index (χ0) is 18.6. The second-order valence-corrected chi connectivity index (χ2v) is 6.90. The normalized spacial score (nSPS) is 11.5. The number of nitro groups is 1. The molecule has 0 aliphatic heterocycles. The quantitative estimate of drug-likeness (QED) is 0.501. The lowest BCUT2D eigenvalue weighted by Crippen LogP contribution is -2.18.